The average molecular weight is 451 g/mol. The van der Waals surface area contributed by atoms with Crippen molar-refractivity contribution in [1.82, 2.24) is 24.5 Å². The van der Waals surface area contributed by atoms with Crippen LogP contribution in [0.15, 0.2) is 64.1 Å². The van der Waals surface area contributed by atoms with E-state index >= 15 is 0 Å². The van der Waals surface area contributed by atoms with Gasteiger partial charge in [0.25, 0.3) is 5.56 Å². The van der Waals surface area contributed by atoms with Crippen molar-refractivity contribution in [1.29, 1.82) is 0 Å². The highest BCUT2D eigenvalue weighted by atomic mass is 79.9. The van der Waals surface area contributed by atoms with Crippen molar-refractivity contribution in [3.63, 3.8) is 0 Å². The number of amides is 1. The zero-order valence-corrected chi connectivity index (χ0v) is 16.8. The predicted octanol–water partition coefficient (Wildman–Crippen LogP) is 2.33. The van der Waals surface area contributed by atoms with Gasteiger partial charge in [-0.3, -0.25) is 14.2 Å². The van der Waals surface area contributed by atoms with E-state index in [0.717, 1.165) is 27.8 Å². The number of fused-ring (bicyclic) bond motifs is 2. The van der Waals surface area contributed by atoms with Crippen molar-refractivity contribution in [2.45, 2.75) is 13.0 Å². The summed E-state index contributed by atoms with van der Waals surface area (Å²) in [7, 11) is 0. The Morgan fingerprint density at radius 1 is 1.10 bits per heavy atom. The van der Waals surface area contributed by atoms with Crippen LogP contribution in [0.1, 0.15) is 5.56 Å². The van der Waals surface area contributed by atoms with Gasteiger partial charge in [0.2, 0.25) is 5.91 Å². The van der Waals surface area contributed by atoms with E-state index in [1.54, 1.807) is 4.90 Å². The maximum absolute atomic E-state index is 12.9. The molecule has 0 bridgehead atoms. The first kappa shape index (κ1) is 17.7. The fourth-order valence-electron chi connectivity index (χ4n) is 3.54. The van der Waals surface area contributed by atoms with Crippen LogP contribution in [-0.2, 0) is 17.8 Å². The van der Waals surface area contributed by atoms with Crippen LogP contribution < -0.4 is 10.5 Å². The lowest BCUT2D eigenvalue weighted by atomic mass is 10.2. The first-order chi connectivity index (χ1) is 14.1. The molecule has 1 amide bonds. The Morgan fingerprint density at radius 2 is 1.90 bits per heavy atom. The molecule has 2 aromatic carbocycles. The largest absolute Gasteiger partial charge is 0.310 e. The third kappa shape index (κ3) is 3.03. The Kier molecular flexibility index (Phi) is 4.24. The van der Waals surface area contributed by atoms with Gasteiger partial charge in [-0.05, 0) is 42.3 Å². The van der Waals surface area contributed by atoms with Crippen LogP contribution in [0.4, 0.5) is 5.69 Å². The van der Waals surface area contributed by atoms with E-state index in [1.165, 1.54) is 15.6 Å². The topological polar surface area (TPSA) is 85.9 Å². The summed E-state index contributed by atoms with van der Waals surface area (Å²) in [6, 6.07) is 15.2. The second kappa shape index (κ2) is 6.93. The summed E-state index contributed by atoms with van der Waals surface area (Å²) in [5.74, 6) is -0.154. The van der Waals surface area contributed by atoms with Crippen molar-refractivity contribution in [3.8, 4) is 5.69 Å². The molecule has 9 heteroatoms. The number of anilines is 1. The Balaban J connectivity index is 1.46. The standard InChI is InChI=1S/C20H15BrN6O2/c21-14-5-7-15(8-6-14)27-19-18(23-24-27)20(29)25(12-22-19)11-17(28)26-10-9-13-3-1-2-4-16(13)26/h1-8,12H,9-11H2. The number of carbonyl (C=O) groups excluding carboxylic acids is 1. The lowest BCUT2D eigenvalue weighted by molar-refractivity contribution is -0.119. The van der Waals surface area contributed by atoms with Gasteiger partial charge in [0.1, 0.15) is 12.9 Å². The molecule has 0 radical (unpaired) electrons. The maximum Gasteiger partial charge on any atom is 0.284 e. The molecule has 0 N–H and O–H groups in total. The molecule has 0 saturated heterocycles. The van der Waals surface area contributed by atoms with Crippen molar-refractivity contribution in [2.75, 3.05) is 11.4 Å². The van der Waals surface area contributed by atoms with Crippen LogP contribution >= 0.6 is 15.9 Å². The third-order valence-electron chi connectivity index (χ3n) is 4.99. The molecule has 0 saturated carbocycles. The number of aromatic nitrogens is 5. The van der Waals surface area contributed by atoms with Crippen molar-refractivity contribution < 1.29 is 4.79 Å². The van der Waals surface area contributed by atoms with Crippen LogP contribution in [0.2, 0.25) is 0 Å². The molecule has 29 heavy (non-hydrogen) atoms. The molecule has 0 fully saturated rings. The van der Waals surface area contributed by atoms with Gasteiger partial charge in [-0.2, -0.15) is 4.68 Å². The number of benzene rings is 2. The van der Waals surface area contributed by atoms with E-state index in [1.807, 2.05) is 48.5 Å². The SMILES string of the molecule is O=C(Cn1cnc2c(nnn2-c2ccc(Br)cc2)c1=O)N1CCc2ccccc21. The summed E-state index contributed by atoms with van der Waals surface area (Å²) in [6.07, 6.45) is 2.19. The monoisotopic (exact) mass is 450 g/mol. The summed E-state index contributed by atoms with van der Waals surface area (Å²) >= 11 is 3.39. The van der Waals surface area contributed by atoms with Crippen LogP contribution in [0.25, 0.3) is 16.9 Å². The van der Waals surface area contributed by atoms with Crippen LogP contribution in [-0.4, -0.2) is 37.0 Å². The van der Waals surface area contributed by atoms with Crippen molar-refractivity contribution in [3.05, 3.63) is 75.2 Å². The fraction of sp³-hybridized carbons (Fsp3) is 0.150. The Labute approximate surface area is 173 Å². The number of para-hydroxylation sites is 1. The molecule has 144 valence electrons. The van der Waals surface area contributed by atoms with E-state index in [4.69, 9.17) is 0 Å². The van der Waals surface area contributed by atoms with Gasteiger partial charge in [-0.1, -0.05) is 39.3 Å². The zero-order chi connectivity index (χ0) is 20.0. The average Bonchev–Trinajstić information content (AvgIpc) is 3.35. The van der Waals surface area contributed by atoms with Crippen molar-refractivity contribution in [2.24, 2.45) is 0 Å². The predicted molar refractivity (Wildman–Crippen MR) is 111 cm³/mol. The molecule has 1 aliphatic heterocycles. The van der Waals surface area contributed by atoms with E-state index in [9.17, 15) is 9.59 Å². The third-order valence-corrected chi connectivity index (χ3v) is 5.52. The minimum atomic E-state index is -0.390. The molecule has 0 atom stereocenters. The van der Waals surface area contributed by atoms with Gasteiger partial charge in [-0.15, -0.1) is 5.10 Å². The number of carbonyl (C=O) groups is 1. The Morgan fingerprint density at radius 3 is 2.72 bits per heavy atom. The number of rotatable bonds is 3. The number of halogens is 1. The molecular formula is C20H15BrN6O2. The van der Waals surface area contributed by atoms with Gasteiger partial charge in [0.15, 0.2) is 11.2 Å². The van der Waals surface area contributed by atoms with Gasteiger partial charge in [0, 0.05) is 16.7 Å². The summed E-state index contributed by atoms with van der Waals surface area (Å²) in [6.45, 7) is 0.517. The fourth-order valence-corrected chi connectivity index (χ4v) is 3.81. The summed E-state index contributed by atoms with van der Waals surface area (Å²) in [5, 5.41) is 8.06. The lowest BCUT2D eigenvalue weighted by Gasteiger charge is -2.17. The van der Waals surface area contributed by atoms with E-state index in [-0.39, 0.29) is 23.5 Å². The van der Waals surface area contributed by atoms with E-state index < -0.39 is 0 Å². The first-order valence-corrected chi connectivity index (χ1v) is 9.86. The van der Waals surface area contributed by atoms with Gasteiger partial charge >= 0.3 is 0 Å². The minimum absolute atomic E-state index is 0.0960. The zero-order valence-electron chi connectivity index (χ0n) is 15.2. The molecule has 0 aliphatic carbocycles. The molecule has 5 rings (SSSR count). The molecule has 0 spiro atoms. The van der Waals surface area contributed by atoms with Crippen LogP contribution in [0, 0.1) is 0 Å². The van der Waals surface area contributed by atoms with Crippen LogP contribution in [0.5, 0.6) is 0 Å². The molecule has 3 heterocycles. The number of nitrogens with zero attached hydrogens (tertiary/aromatic N) is 6. The van der Waals surface area contributed by atoms with Gasteiger partial charge in [0.05, 0.1) is 5.69 Å². The highest BCUT2D eigenvalue weighted by Crippen LogP contribution is 2.27. The summed E-state index contributed by atoms with van der Waals surface area (Å²) in [5.41, 5.74) is 2.88. The normalized spacial score (nSPS) is 13.1. The quantitative estimate of drug-likeness (QED) is 0.478. The molecule has 4 aromatic rings. The Bertz CT molecular complexity index is 1290. The number of hydrogen-bond acceptors (Lipinski definition) is 5. The molecule has 0 unspecified atom stereocenters. The highest BCUT2D eigenvalue weighted by molar-refractivity contribution is 9.10. The lowest BCUT2D eigenvalue weighted by Crippen LogP contribution is -2.35. The first-order valence-electron chi connectivity index (χ1n) is 9.07. The highest BCUT2D eigenvalue weighted by Gasteiger charge is 2.25. The van der Waals surface area contributed by atoms with Gasteiger partial charge in [-0.25, -0.2) is 4.98 Å². The van der Waals surface area contributed by atoms with E-state index in [2.05, 4.69) is 31.2 Å². The van der Waals surface area contributed by atoms with E-state index in [0.29, 0.717) is 12.2 Å². The second-order valence-corrected chi connectivity index (χ2v) is 7.67. The molecule has 2 aromatic heterocycles. The number of hydrogen-bond donors (Lipinski definition) is 0. The van der Waals surface area contributed by atoms with Gasteiger partial charge < -0.3 is 4.90 Å². The Hall–Kier alpha value is -3.33. The van der Waals surface area contributed by atoms with Crippen LogP contribution in [0.3, 0.4) is 0 Å². The maximum atomic E-state index is 12.9. The summed E-state index contributed by atoms with van der Waals surface area (Å²) in [4.78, 5) is 31.7. The molecule has 1 aliphatic rings. The minimum Gasteiger partial charge on any atom is -0.310 e. The molecule has 8 nitrogen and oxygen atoms in total. The van der Waals surface area contributed by atoms with Crippen molar-refractivity contribution >= 4 is 38.7 Å². The summed E-state index contributed by atoms with van der Waals surface area (Å²) < 4.78 is 3.72. The smallest absolute Gasteiger partial charge is 0.284 e. The molecular weight excluding hydrogens is 436 g/mol. The second-order valence-electron chi connectivity index (χ2n) is 6.75.